The Morgan fingerprint density at radius 1 is 0.818 bits per heavy atom. The van der Waals surface area contributed by atoms with Gasteiger partial charge < -0.3 is 9.47 Å². The Bertz CT molecular complexity index is 1070. The SMILES string of the molecule is CCOC(=O)CCc1ccc(Oc2ccc([N+](=O)[O-])cc2)cc1.O=[N+]([O-])c1ccc(F)cc1. The van der Waals surface area contributed by atoms with Crippen LogP contribution in [0.5, 0.6) is 11.5 Å². The average molecular weight is 456 g/mol. The summed E-state index contributed by atoms with van der Waals surface area (Å²) in [5.74, 6) is 0.470. The second kappa shape index (κ2) is 12.5. The van der Waals surface area contributed by atoms with Gasteiger partial charge in [0.2, 0.25) is 0 Å². The van der Waals surface area contributed by atoms with Crippen molar-refractivity contribution < 1.29 is 28.5 Å². The number of aryl methyl sites for hydroxylation is 1. The molecule has 3 rings (SSSR count). The summed E-state index contributed by atoms with van der Waals surface area (Å²) in [6, 6.07) is 17.6. The normalized spacial score (nSPS) is 9.88. The largest absolute Gasteiger partial charge is 0.466 e. The fourth-order valence-electron chi connectivity index (χ4n) is 2.54. The molecule has 0 aromatic heterocycles. The fourth-order valence-corrected chi connectivity index (χ4v) is 2.54. The Hall–Kier alpha value is -4.34. The molecular formula is C23H21FN2O7. The highest BCUT2D eigenvalue weighted by Crippen LogP contribution is 2.24. The van der Waals surface area contributed by atoms with Gasteiger partial charge in [-0.15, -0.1) is 0 Å². The molecule has 0 bridgehead atoms. The van der Waals surface area contributed by atoms with Gasteiger partial charge in [0.15, 0.2) is 0 Å². The van der Waals surface area contributed by atoms with Gasteiger partial charge in [-0.1, -0.05) is 12.1 Å². The molecule has 0 unspecified atom stereocenters. The van der Waals surface area contributed by atoms with Gasteiger partial charge >= 0.3 is 5.97 Å². The van der Waals surface area contributed by atoms with Crippen molar-refractivity contribution in [2.45, 2.75) is 19.8 Å². The molecule has 33 heavy (non-hydrogen) atoms. The van der Waals surface area contributed by atoms with E-state index in [0.29, 0.717) is 30.9 Å². The van der Waals surface area contributed by atoms with E-state index in [0.717, 1.165) is 29.8 Å². The molecule has 0 N–H and O–H groups in total. The van der Waals surface area contributed by atoms with E-state index in [1.807, 2.05) is 12.1 Å². The Kier molecular flexibility index (Phi) is 9.44. The maximum atomic E-state index is 12.1. The molecule has 0 heterocycles. The number of rotatable bonds is 8. The van der Waals surface area contributed by atoms with Crippen LogP contribution < -0.4 is 4.74 Å². The molecule has 172 valence electrons. The van der Waals surface area contributed by atoms with E-state index in [4.69, 9.17) is 9.47 Å². The molecule has 0 saturated carbocycles. The second-order valence-electron chi connectivity index (χ2n) is 6.54. The minimum Gasteiger partial charge on any atom is -0.466 e. The highest BCUT2D eigenvalue weighted by atomic mass is 19.1. The van der Waals surface area contributed by atoms with Crippen molar-refractivity contribution in [3.05, 3.63) is 104 Å². The van der Waals surface area contributed by atoms with Crippen LogP contribution in [0.15, 0.2) is 72.8 Å². The molecule has 0 aliphatic heterocycles. The first-order chi connectivity index (χ1) is 15.8. The lowest BCUT2D eigenvalue weighted by Gasteiger charge is -2.07. The number of hydrogen-bond donors (Lipinski definition) is 0. The van der Waals surface area contributed by atoms with Crippen molar-refractivity contribution >= 4 is 17.3 Å². The number of carbonyl (C=O) groups excluding carboxylic acids is 1. The second-order valence-corrected chi connectivity index (χ2v) is 6.54. The molecule has 0 radical (unpaired) electrons. The highest BCUT2D eigenvalue weighted by molar-refractivity contribution is 5.69. The first kappa shape index (κ1) is 24.9. The standard InChI is InChI=1S/C17H17NO5.C6H4FNO2/c1-2-22-17(19)12-5-13-3-8-15(9-4-13)23-16-10-6-14(7-11-16)18(20)21;7-5-1-3-6(4-2-5)8(9)10/h3-4,6-11H,2,5,12H2,1H3;1-4H. The molecule has 0 fully saturated rings. The Labute approximate surface area is 188 Å². The molecule has 0 saturated heterocycles. The van der Waals surface area contributed by atoms with E-state index >= 15 is 0 Å². The van der Waals surface area contributed by atoms with E-state index in [1.165, 1.54) is 12.1 Å². The maximum Gasteiger partial charge on any atom is 0.306 e. The van der Waals surface area contributed by atoms with Crippen LogP contribution in [0.3, 0.4) is 0 Å². The number of carbonyl (C=O) groups is 1. The molecule has 0 aliphatic carbocycles. The summed E-state index contributed by atoms with van der Waals surface area (Å²) in [5.41, 5.74) is 0.933. The van der Waals surface area contributed by atoms with Crippen molar-refractivity contribution in [2.24, 2.45) is 0 Å². The molecule has 0 spiro atoms. The number of hydrogen-bond acceptors (Lipinski definition) is 7. The quantitative estimate of drug-likeness (QED) is 0.245. The Morgan fingerprint density at radius 2 is 1.27 bits per heavy atom. The summed E-state index contributed by atoms with van der Waals surface area (Å²) >= 11 is 0. The van der Waals surface area contributed by atoms with Crippen molar-refractivity contribution in [2.75, 3.05) is 6.61 Å². The Balaban J connectivity index is 0.000000321. The van der Waals surface area contributed by atoms with Crippen molar-refractivity contribution in [3.63, 3.8) is 0 Å². The van der Waals surface area contributed by atoms with Crippen molar-refractivity contribution in [3.8, 4) is 11.5 Å². The van der Waals surface area contributed by atoms with Gasteiger partial charge in [0.05, 0.1) is 16.5 Å². The lowest BCUT2D eigenvalue weighted by atomic mass is 10.1. The van der Waals surface area contributed by atoms with Crippen LogP contribution in [0.1, 0.15) is 18.9 Å². The molecule has 3 aromatic carbocycles. The summed E-state index contributed by atoms with van der Waals surface area (Å²) in [5, 5.41) is 20.6. The average Bonchev–Trinajstić information content (AvgIpc) is 2.80. The van der Waals surface area contributed by atoms with Crippen molar-refractivity contribution in [1.82, 2.24) is 0 Å². The fraction of sp³-hybridized carbons (Fsp3) is 0.174. The molecule has 9 nitrogen and oxygen atoms in total. The number of benzene rings is 3. The number of esters is 1. The van der Waals surface area contributed by atoms with Crippen LogP contribution in [0.4, 0.5) is 15.8 Å². The summed E-state index contributed by atoms with van der Waals surface area (Å²) < 4.78 is 22.6. The molecular weight excluding hydrogens is 435 g/mol. The minimum atomic E-state index is -0.570. The van der Waals surface area contributed by atoms with Crippen LogP contribution >= 0.6 is 0 Å². The lowest BCUT2D eigenvalue weighted by molar-refractivity contribution is -0.385. The zero-order chi connectivity index (χ0) is 24.2. The summed E-state index contributed by atoms with van der Waals surface area (Å²) in [4.78, 5) is 30.9. The molecule has 0 atom stereocenters. The maximum absolute atomic E-state index is 12.1. The summed E-state index contributed by atoms with van der Waals surface area (Å²) in [7, 11) is 0. The number of halogens is 1. The highest BCUT2D eigenvalue weighted by Gasteiger charge is 2.06. The number of nitrogens with zero attached hydrogens (tertiary/aromatic N) is 2. The predicted octanol–water partition coefficient (Wildman–Crippen LogP) is 5.62. The minimum absolute atomic E-state index is 0.0201. The zero-order valence-electron chi connectivity index (χ0n) is 17.7. The van der Waals surface area contributed by atoms with Crippen LogP contribution in [0, 0.1) is 26.0 Å². The molecule has 10 heteroatoms. The third kappa shape index (κ3) is 8.74. The van der Waals surface area contributed by atoms with E-state index in [2.05, 4.69) is 0 Å². The predicted molar refractivity (Wildman–Crippen MR) is 118 cm³/mol. The van der Waals surface area contributed by atoms with Crippen LogP contribution in [0.25, 0.3) is 0 Å². The topological polar surface area (TPSA) is 122 Å². The van der Waals surface area contributed by atoms with Crippen LogP contribution in [-0.2, 0) is 16.0 Å². The van der Waals surface area contributed by atoms with Crippen LogP contribution in [-0.4, -0.2) is 22.4 Å². The van der Waals surface area contributed by atoms with Gasteiger partial charge in [-0.2, -0.15) is 0 Å². The van der Waals surface area contributed by atoms with Gasteiger partial charge in [-0.25, -0.2) is 4.39 Å². The van der Waals surface area contributed by atoms with Crippen LogP contribution in [0.2, 0.25) is 0 Å². The van der Waals surface area contributed by atoms with Crippen molar-refractivity contribution in [1.29, 1.82) is 0 Å². The Morgan fingerprint density at radius 3 is 1.73 bits per heavy atom. The van der Waals surface area contributed by atoms with Gasteiger partial charge in [0.25, 0.3) is 11.4 Å². The monoisotopic (exact) mass is 456 g/mol. The van der Waals surface area contributed by atoms with Gasteiger partial charge in [0.1, 0.15) is 17.3 Å². The zero-order valence-corrected chi connectivity index (χ0v) is 17.7. The first-order valence-corrected chi connectivity index (χ1v) is 9.85. The smallest absolute Gasteiger partial charge is 0.306 e. The van der Waals surface area contributed by atoms with E-state index < -0.39 is 15.7 Å². The van der Waals surface area contributed by atoms with Gasteiger partial charge in [-0.3, -0.25) is 25.0 Å². The molecule has 3 aromatic rings. The summed E-state index contributed by atoms with van der Waals surface area (Å²) in [6.45, 7) is 2.17. The van der Waals surface area contributed by atoms with Gasteiger partial charge in [-0.05, 0) is 55.3 Å². The third-order valence-electron chi connectivity index (χ3n) is 4.17. The third-order valence-corrected chi connectivity index (χ3v) is 4.17. The van der Waals surface area contributed by atoms with Gasteiger partial charge in [0, 0.05) is 30.7 Å². The molecule has 0 amide bonds. The number of nitro benzene ring substituents is 2. The van der Waals surface area contributed by atoms with E-state index in [-0.39, 0.29) is 17.3 Å². The number of ether oxygens (including phenoxy) is 2. The number of non-ortho nitro benzene ring substituents is 2. The first-order valence-electron chi connectivity index (χ1n) is 9.85. The molecule has 0 aliphatic rings. The number of nitro groups is 2. The van der Waals surface area contributed by atoms with E-state index in [1.54, 1.807) is 31.2 Å². The van der Waals surface area contributed by atoms with E-state index in [9.17, 15) is 29.4 Å². The summed E-state index contributed by atoms with van der Waals surface area (Å²) in [6.07, 6.45) is 0.951. The lowest BCUT2D eigenvalue weighted by Crippen LogP contribution is -2.05.